The number of carboxylic acid groups (broad SMARTS) is 1. The van der Waals surface area contributed by atoms with Crippen molar-refractivity contribution in [3.8, 4) is 0 Å². The van der Waals surface area contributed by atoms with Gasteiger partial charge in [0.05, 0.1) is 16.5 Å². The molecule has 2 aromatic carbocycles. The molecule has 1 aliphatic heterocycles. The standard InChI is InChI=1S/C28H31N3O5/c1-17-5-4-6-21-24(17)29-22(30-26(21)34)15-28(2,3)16-23(32)31-13-11-19(12-14-31)25(33)18-7-9-20(10-8-18)27(35)36/h4-10,19H,11-16H2,1-3H3,(H,35,36)(H,29,30,34). The number of carbonyl (C=O) groups is 3. The van der Waals surface area contributed by atoms with Crippen molar-refractivity contribution < 1.29 is 19.5 Å². The second-order valence-corrected chi connectivity index (χ2v) is 10.4. The number of aromatic carboxylic acids is 1. The molecule has 1 saturated heterocycles. The zero-order valence-electron chi connectivity index (χ0n) is 20.8. The largest absolute Gasteiger partial charge is 0.478 e. The van der Waals surface area contributed by atoms with Gasteiger partial charge in [-0.1, -0.05) is 38.1 Å². The Bertz CT molecular complexity index is 1370. The smallest absolute Gasteiger partial charge is 0.335 e. The average Bonchev–Trinajstić information content (AvgIpc) is 2.84. The van der Waals surface area contributed by atoms with Crippen molar-refractivity contribution in [2.45, 2.75) is 46.5 Å². The second-order valence-electron chi connectivity index (χ2n) is 10.4. The number of benzene rings is 2. The van der Waals surface area contributed by atoms with Crippen LogP contribution in [0.5, 0.6) is 0 Å². The summed E-state index contributed by atoms with van der Waals surface area (Å²) >= 11 is 0. The Balaban J connectivity index is 1.35. The van der Waals surface area contributed by atoms with E-state index in [1.807, 2.05) is 32.9 Å². The normalized spacial score (nSPS) is 14.7. The zero-order valence-corrected chi connectivity index (χ0v) is 20.8. The first-order chi connectivity index (χ1) is 17.0. The lowest BCUT2D eigenvalue weighted by Gasteiger charge is -2.34. The van der Waals surface area contributed by atoms with Crippen molar-refractivity contribution in [1.82, 2.24) is 14.9 Å². The molecule has 1 fully saturated rings. The molecule has 0 unspecified atom stereocenters. The topological polar surface area (TPSA) is 120 Å². The lowest BCUT2D eigenvalue weighted by atomic mass is 9.83. The van der Waals surface area contributed by atoms with Crippen LogP contribution in [-0.4, -0.2) is 50.7 Å². The Kier molecular flexibility index (Phi) is 7.06. The van der Waals surface area contributed by atoms with Gasteiger partial charge in [0.2, 0.25) is 5.91 Å². The molecule has 0 aliphatic carbocycles. The molecule has 0 spiro atoms. The van der Waals surface area contributed by atoms with E-state index in [1.165, 1.54) is 12.1 Å². The zero-order chi connectivity index (χ0) is 26.0. The fraction of sp³-hybridized carbons (Fsp3) is 0.393. The number of amides is 1. The van der Waals surface area contributed by atoms with Gasteiger partial charge in [0.25, 0.3) is 5.56 Å². The number of nitrogens with zero attached hydrogens (tertiary/aromatic N) is 2. The average molecular weight is 490 g/mol. The van der Waals surface area contributed by atoms with Crippen LogP contribution in [0.15, 0.2) is 47.3 Å². The van der Waals surface area contributed by atoms with Crippen LogP contribution in [0.25, 0.3) is 10.9 Å². The number of aromatic amines is 1. The summed E-state index contributed by atoms with van der Waals surface area (Å²) in [6.07, 6.45) is 1.91. The minimum atomic E-state index is -1.03. The van der Waals surface area contributed by atoms with Crippen molar-refractivity contribution in [3.63, 3.8) is 0 Å². The minimum absolute atomic E-state index is 0.0130. The van der Waals surface area contributed by atoms with Crippen LogP contribution < -0.4 is 5.56 Å². The highest BCUT2D eigenvalue weighted by atomic mass is 16.4. The fourth-order valence-corrected chi connectivity index (χ4v) is 4.88. The van der Waals surface area contributed by atoms with Gasteiger partial charge in [-0.05, 0) is 48.9 Å². The molecule has 36 heavy (non-hydrogen) atoms. The first-order valence-corrected chi connectivity index (χ1v) is 12.2. The van der Waals surface area contributed by atoms with Crippen molar-refractivity contribution in [1.29, 1.82) is 0 Å². The lowest BCUT2D eigenvalue weighted by Crippen LogP contribution is -2.42. The Morgan fingerprint density at radius 2 is 1.69 bits per heavy atom. The molecule has 0 bridgehead atoms. The van der Waals surface area contributed by atoms with Crippen molar-refractivity contribution in [2.75, 3.05) is 13.1 Å². The van der Waals surface area contributed by atoms with Crippen LogP contribution in [0.2, 0.25) is 0 Å². The summed E-state index contributed by atoms with van der Waals surface area (Å²) in [6, 6.07) is 11.5. The number of nitrogens with one attached hydrogen (secondary N) is 1. The van der Waals surface area contributed by atoms with E-state index in [0.29, 0.717) is 61.1 Å². The highest BCUT2D eigenvalue weighted by molar-refractivity contribution is 5.99. The number of piperidine rings is 1. The minimum Gasteiger partial charge on any atom is -0.478 e. The van der Waals surface area contributed by atoms with Gasteiger partial charge in [0, 0.05) is 37.4 Å². The van der Waals surface area contributed by atoms with Crippen LogP contribution in [0.1, 0.15) is 65.2 Å². The van der Waals surface area contributed by atoms with E-state index in [2.05, 4.69) is 9.97 Å². The van der Waals surface area contributed by atoms with Crippen molar-refractivity contribution in [3.05, 3.63) is 75.3 Å². The number of hydrogen-bond acceptors (Lipinski definition) is 5. The predicted molar refractivity (Wildman–Crippen MR) is 136 cm³/mol. The molecule has 2 N–H and O–H groups in total. The number of likely N-dealkylation sites (tertiary alicyclic amines) is 1. The number of ketones is 1. The number of Topliss-reactive ketones (excluding diaryl/α,β-unsaturated/α-hetero) is 1. The van der Waals surface area contributed by atoms with Gasteiger partial charge in [0.15, 0.2) is 5.78 Å². The van der Waals surface area contributed by atoms with E-state index in [0.717, 1.165) is 5.56 Å². The third-order valence-corrected chi connectivity index (χ3v) is 6.90. The number of carbonyl (C=O) groups excluding carboxylic acids is 2. The summed E-state index contributed by atoms with van der Waals surface area (Å²) in [5.41, 5.74) is 1.67. The van der Waals surface area contributed by atoms with Gasteiger partial charge in [-0.15, -0.1) is 0 Å². The Labute approximate surface area is 209 Å². The van der Waals surface area contributed by atoms with Crippen LogP contribution in [0, 0.1) is 18.3 Å². The quantitative estimate of drug-likeness (QED) is 0.484. The molecule has 1 aromatic heterocycles. The predicted octanol–water partition coefficient (Wildman–Crippen LogP) is 4.01. The van der Waals surface area contributed by atoms with E-state index in [-0.39, 0.29) is 28.7 Å². The molecular formula is C28H31N3O5. The van der Waals surface area contributed by atoms with E-state index >= 15 is 0 Å². The van der Waals surface area contributed by atoms with Gasteiger partial charge in [-0.25, -0.2) is 9.78 Å². The van der Waals surface area contributed by atoms with E-state index < -0.39 is 11.4 Å². The van der Waals surface area contributed by atoms with Crippen LogP contribution in [0.4, 0.5) is 0 Å². The van der Waals surface area contributed by atoms with Gasteiger partial charge in [-0.3, -0.25) is 14.4 Å². The van der Waals surface area contributed by atoms with Gasteiger partial charge in [-0.2, -0.15) is 0 Å². The van der Waals surface area contributed by atoms with Gasteiger partial charge >= 0.3 is 5.97 Å². The Morgan fingerprint density at radius 3 is 2.33 bits per heavy atom. The van der Waals surface area contributed by atoms with E-state index in [4.69, 9.17) is 5.11 Å². The van der Waals surface area contributed by atoms with Crippen LogP contribution in [0.3, 0.4) is 0 Å². The Hall–Kier alpha value is -3.81. The van der Waals surface area contributed by atoms with Gasteiger partial charge < -0.3 is 15.0 Å². The molecule has 2 heterocycles. The summed E-state index contributed by atoms with van der Waals surface area (Å²) in [5.74, 6) is -0.635. The van der Waals surface area contributed by atoms with E-state index in [1.54, 1.807) is 23.1 Å². The lowest BCUT2D eigenvalue weighted by molar-refractivity contribution is -0.134. The first kappa shape index (κ1) is 25.3. The molecule has 1 aliphatic rings. The second kappa shape index (κ2) is 10.0. The fourth-order valence-electron chi connectivity index (χ4n) is 4.88. The Morgan fingerprint density at radius 1 is 1.06 bits per heavy atom. The number of hydrogen-bond donors (Lipinski definition) is 2. The molecule has 4 rings (SSSR count). The van der Waals surface area contributed by atoms with Crippen LogP contribution >= 0.6 is 0 Å². The number of fused-ring (bicyclic) bond motifs is 1. The summed E-state index contributed by atoms with van der Waals surface area (Å²) in [4.78, 5) is 58.8. The SMILES string of the molecule is Cc1cccc2c(=O)[nH]c(CC(C)(C)CC(=O)N3CCC(C(=O)c4ccc(C(=O)O)cc4)CC3)nc12. The third kappa shape index (κ3) is 5.53. The highest BCUT2D eigenvalue weighted by Gasteiger charge is 2.31. The number of aryl methyl sites for hydroxylation is 1. The highest BCUT2D eigenvalue weighted by Crippen LogP contribution is 2.28. The first-order valence-electron chi connectivity index (χ1n) is 12.2. The maximum Gasteiger partial charge on any atom is 0.335 e. The van der Waals surface area contributed by atoms with Crippen LogP contribution in [-0.2, 0) is 11.2 Å². The molecule has 0 radical (unpaired) electrons. The maximum absolute atomic E-state index is 13.1. The molecule has 3 aromatic rings. The summed E-state index contributed by atoms with van der Waals surface area (Å²) < 4.78 is 0. The number of aromatic nitrogens is 2. The van der Waals surface area contributed by atoms with E-state index in [9.17, 15) is 19.2 Å². The van der Waals surface area contributed by atoms with Crippen molar-refractivity contribution >= 4 is 28.6 Å². The molecule has 8 nitrogen and oxygen atoms in total. The molecule has 188 valence electrons. The summed E-state index contributed by atoms with van der Waals surface area (Å²) in [5, 5.41) is 9.59. The maximum atomic E-state index is 13.1. The monoisotopic (exact) mass is 489 g/mol. The van der Waals surface area contributed by atoms with Crippen molar-refractivity contribution in [2.24, 2.45) is 11.3 Å². The third-order valence-electron chi connectivity index (χ3n) is 6.90. The molecule has 8 heteroatoms. The number of para-hydroxylation sites is 1. The summed E-state index contributed by atoms with van der Waals surface area (Å²) in [6.45, 7) is 6.91. The molecule has 1 amide bonds. The number of rotatable bonds is 7. The molecule has 0 saturated carbocycles. The van der Waals surface area contributed by atoms with Gasteiger partial charge in [0.1, 0.15) is 5.82 Å². The molecular weight excluding hydrogens is 458 g/mol. The number of carboxylic acids is 1. The number of H-pyrrole nitrogens is 1. The molecule has 0 atom stereocenters. The summed E-state index contributed by atoms with van der Waals surface area (Å²) in [7, 11) is 0.